The van der Waals surface area contributed by atoms with Crippen LogP contribution in [0.3, 0.4) is 0 Å². The van der Waals surface area contributed by atoms with Crippen molar-refractivity contribution in [2.75, 3.05) is 6.61 Å². The van der Waals surface area contributed by atoms with Crippen LogP contribution in [0.1, 0.15) is 19.0 Å². The number of aromatic nitrogens is 1. The molecular formula is C13H16N2O3. The van der Waals surface area contributed by atoms with Crippen LogP contribution in [0.15, 0.2) is 34.9 Å². The predicted molar refractivity (Wildman–Crippen MR) is 66.7 cm³/mol. The highest BCUT2D eigenvalue weighted by molar-refractivity contribution is 5.40. The summed E-state index contributed by atoms with van der Waals surface area (Å²) in [5, 5.41) is 0. The van der Waals surface area contributed by atoms with Gasteiger partial charge in [-0.2, -0.15) is 4.98 Å². The summed E-state index contributed by atoms with van der Waals surface area (Å²) in [6.07, 6.45) is 2.58. The van der Waals surface area contributed by atoms with Crippen molar-refractivity contribution in [3.8, 4) is 17.6 Å². The first kappa shape index (κ1) is 12.4. The molecule has 5 nitrogen and oxygen atoms in total. The van der Waals surface area contributed by atoms with Gasteiger partial charge in [-0.25, -0.2) is 0 Å². The van der Waals surface area contributed by atoms with E-state index in [2.05, 4.69) is 4.98 Å². The van der Waals surface area contributed by atoms with Crippen molar-refractivity contribution in [2.45, 2.75) is 19.9 Å². The fraction of sp³-hybridized carbons (Fsp3) is 0.308. The van der Waals surface area contributed by atoms with Gasteiger partial charge in [-0.3, -0.25) is 0 Å². The Balaban J connectivity index is 2.12. The van der Waals surface area contributed by atoms with E-state index < -0.39 is 0 Å². The average molecular weight is 248 g/mol. The van der Waals surface area contributed by atoms with E-state index in [1.54, 1.807) is 6.07 Å². The van der Waals surface area contributed by atoms with E-state index in [-0.39, 0.29) is 6.08 Å². The normalized spacial score (nSPS) is 10.3. The molecule has 0 atom stereocenters. The first-order chi connectivity index (χ1) is 8.83. The number of nitrogens with zero attached hydrogens (tertiary/aromatic N) is 1. The number of nitrogens with two attached hydrogens (primary N) is 1. The second kappa shape index (κ2) is 6.07. The zero-order valence-corrected chi connectivity index (χ0v) is 10.3. The van der Waals surface area contributed by atoms with Crippen LogP contribution in [-0.4, -0.2) is 11.6 Å². The van der Waals surface area contributed by atoms with Gasteiger partial charge in [0.05, 0.1) is 12.3 Å². The smallest absolute Gasteiger partial charge is 0.399 e. The van der Waals surface area contributed by atoms with E-state index in [9.17, 15) is 0 Å². The Labute approximate surface area is 106 Å². The molecule has 2 rings (SSSR count). The van der Waals surface area contributed by atoms with Gasteiger partial charge >= 0.3 is 6.08 Å². The van der Waals surface area contributed by atoms with Crippen molar-refractivity contribution in [3.63, 3.8) is 0 Å². The molecule has 0 bridgehead atoms. The zero-order valence-electron chi connectivity index (χ0n) is 10.3. The van der Waals surface area contributed by atoms with Crippen LogP contribution < -0.4 is 15.2 Å². The summed E-state index contributed by atoms with van der Waals surface area (Å²) >= 11 is 0. The topological polar surface area (TPSA) is 70.5 Å². The molecule has 0 radical (unpaired) electrons. The first-order valence-corrected chi connectivity index (χ1v) is 5.87. The average Bonchev–Trinajstić information content (AvgIpc) is 2.85. The molecule has 18 heavy (non-hydrogen) atoms. The molecule has 1 aromatic heterocycles. The summed E-state index contributed by atoms with van der Waals surface area (Å²) in [6.45, 7) is 3.01. The van der Waals surface area contributed by atoms with Crippen LogP contribution in [0.4, 0.5) is 0 Å². The summed E-state index contributed by atoms with van der Waals surface area (Å²) in [7, 11) is 0. The van der Waals surface area contributed by atoms with Crippen LogP contribution in [0, 0.1) is 0 Å². The van der Waals surface area contributed by atoms with Crippen molar-refractivity contribution < 1.29 is 13.9 Å². The number of para-hydroxylation sites is 2. The van der Waals surface area contributed by atoms with Crippen LogP contribution >= 0.6 is 0 Å². The lowest BCUT2D eigenvalue weighted by Crippen LogP contribution is -1.98. The summed E-state index contributed by atoms with van der Waals surface area (Å²) in [5.74, 6) is 1.25. The number of hydrogen-bond acceptors (Lipinski definition) is 5. The molecule has 1 aromatic carbocycles. The number of ether oxygens (including phenoxy) is 2. The Morgan fingerprint density at radius 3 is 2.72 bits per heavy atom. The van der Waals surface area contributed by atoms with Gasteiger partial charge in [0, 0.05) is 6.54 Å². The van der Waals surface area contributed by atoms with E-state index in [1.165, 1.54) is 6.26 Å². The molecule has 0 spiro atoms. The Bertz CT molecular complexity index is 496. The molecule has 0 amide bonds. The van der Waals surface area contributed by atoms with Crippen molar-refractivity contribution in [3.05, 3.63) is 36.2 Å². The minimum absolute atomic E-state index is 0.169. The maximum Gasteiger partial charge on any atom is 0.399 e. The second-order valence-corrected chi connectivity index (χ2v) is 3.71. The zero-order chi connectivity index (χ0) is 12.8. The third-order valence-corrected chi connectivity index (χ3v) is 2.25. The Hall–Kier alpha value is -2.01. The van der Waals surface area contributed by atoms with Gasteiger partial charge in [-0.05, 0) is 18.6 Å². The molecule has 0 aliphatic carbocycles. The largest absolute Gasteiger partial charge is 0.490 e. The molecule has 0 aliphatic rings. The fourth-order valence-corrected chi connectivity index (χ4v) is 1.39. The molecule has 96 valence electrons. The molecule has 1 heterocycles. The van der Waals surface area contributed by atoms with Gasteiger partial charge < -0.3 is 19.6 Å². The van der Waals surface area contributed by atoms with Crippen molar-refractivity contribution in [1.82, 2.24) is 4.98 Å². The Kier molecular flexibility index (Phi) is 4.20. The number of oxazole rings is 1. The monoisotopic (exact) mass is 248 g/mol. The van der Waals surface area contributed by atoms with Gasteiger partial charge in [-0.1, -0.05) is 19.1 Å². The summed E-state index contributed by atoms with van der Waals surface area (Å²) in [6, 6.07) is 7.40. The van der Waals surface area contributed by atoms with Gasteiger partial charge in [-0.15, -0.1) is 0 Å². The van der Waals surface area contributed by atoms with Crippen molar-refractivity contribution in [1.29, 1.82) is 0 Å². The van der Waals surface area contributed by atoms with Crippen LogP contribution in [0.2, 0.25) is 0 Å². The highest BCUT2D eigenvalue weighted by atomic mass is 16.6. The van der Waals surface area contributed by atoms with E-state index in [1.807, 2.05) is 25.1 Å². The summed E-state index contributed by atoms with van der Waals surface area (Å²) in [5.41, 5.74) is 6.10. The van der Waals surface area contributed by atoms with Gasteiger partial charge in [0.25, 0.3) is 0 Å². The minimum atomic E-state index is 0.169. The van der Waals surface area contributed by atoms with E-state index in [4.69, 9.17) is 19.6 Å². The van der Waals surface area contributed by atoms with Gasteiger partial charge in [0.15, 0.2) is 11.5 Å². The first-order valence-electron chi connectivity index (χ1n) is 5.87. The molecule has 2 aromatic rings. The molecular weight excluding hydrogens is 232 g/mol. The third-order valence-electron chi connectivity index (χ3n) is 2.25. The summed E-state index contributed by atoms with van der Waals surface area (Å²) in [4.78, 5) is 4.08. The standard InChI is InChI=1S/C13H16N2O3/c1-2-7-16-11-5-3-4-6-12(11)18-13-15-10(8-14)9-17-13/h3-6,9H,2,7-8,14H2,1H3. The Morgan fingerprint density at radius 1 is 1.28 bits per heavy atom. The summed E-state index contributed by atoms with van der Waals surface area (Å²) < 4.78 is 16.3. The molecule has 0 fully saturated rings. The molecule has 0 saturated carbocycles. The highest BCUT2D eigenvalue weighted by Crippen LogP contribution is 2.30. The second-order valence-electron chi connectivity index (χ2n) is 3.71. The lowest BCUT2D eigenvalue weighted by Gasteiger charge is -2.09. The van der Waals surface area contributed by atoms with E-state index >= 15 is 0 Å². The van der Waals surface area contributed by atoms with Crippen LogP contribution in [0.25, 0.3) is 0 Å². The lowest BCUT2D eigenvalue weighted by atomic mass is 10.3. The number of rotatable bonds is 6. The van der Waals surface area contributed by atoms with E-state index in [0.29, 0.717) is 30.3 Å². The van der Waals surface area contributed by atoms with Crippen LogP contribution in [0.5, 0.6) is 17.6 Å². The third kappa shape index (κ3) is 3.01. The quantitative estimate of drug-likeness (QED) is 0.851. The lowest BCUT2D eigenvalue weighted by molar-refractivity contribution is 0.280. The molecule has 0 saturated heterocycles. The van der Waals surface area contributed by atoms with Crippen molar-refractivity contribution >= 4 is 0 Å². The highest BCUT2D eigenvalue weighted by Gasteiger charge is 2.09. The SMILES string of the molecule is CCCOc1ccccc1Oc1nc(CN)co1. The maximum absolute atomic E-state index is 5.57. The Morgan fingerprint density at radius 2 is 2.06 bits per heavy atom. The van der Waals surface area contributed by atoms with Gasteiger partial charge in [0.2, 0.25) is 0 Å². The molecule has 2 N–H and O–H groups in total. The van der Waals surface area contributed by atoms with Gasteiger partial charge in [0.1, 0.15) is 6.26 Å². The minimum Gasteiger partial charge on any atom is -0.490 e. The molecule has 0 aliphatic heterocycles. The molecule has 5 heteroatoms. The number of benzene rings is 1. The molecule has 0 unspecified atom stereocenters. The fourth-order valence-electron chi connectivity index (χ4n) is 1.39. The number of hydrogen-bond donors (Lipinski definition) is 1. The van der Waals surface area contributed by atoms with Crippen molar-refractivity contribution in [2.24, 2.45) is 5.73 Å². The maximum atomic E-state index is 5.57. The predicted octanol–water partition coefficient (Wildman–Crippen LogP) is 2.71. The van der Waals surface area contributed by atoms with E-state index in [0.717, 1.165) is 6.42 Å². The van der Waals surface area contributed by atoms with Crippen LogP contribution in [-0.2, 0) is 6.54 Å².